The van der Waals surface area contributed by atoms with Gasteiger partial charge in [0.25, 0.3) is 0 Å². The first kappa shape index (κ1) is 25.9. The Kier molecular flexibility index (Phi) is 7.69. The van der Waals surface area contributed by atoms with E-state index in [1.807, 2.05) is 0 Å². The fourth-order valence-electron chi connectivity index (χ4n) is 6.07. The van der Waals surface area contributed by atoms with Crippen molar-refractivity contribution in [1.29, 1.82) is 0 Å². The van der Waals surface area contributed by atoms with E-state index < -0.39 is 34.5 Å². The Morgan fingerprint density at radius 3 is 1.29 bits per heavy atom. The van der Waals surface area contributed by atoms with Gasteiger partial charge in [0.05, 0.1) is 0 Å². The summed E-state index contributed by atoms with van der Waals surface area (Å²) in [5, 5.41) is 0. The van der Waals surface area contributed by atoms with E-state index in [-0.39, 0.29) is 7.92 Å². The van der Waals surface area contributed by atoms with Crippen LogP contribution in [0.1, 0.15) is 6.92 Å². The van der Waals surface area contributed by atoms with E-state index in [0.717, 1.165) is 11.5 Å². The number of hydrogen-bond donors (Lipinski definition) is 0. The summed E-state index contributed by atoms with van der Waals surface area (Å²) in [7, 11) is -3.18. The van der Waals surface area contributed by atoms with Crippen LogP contribution in [0.2, 0.25) is 39.3 Å². The topological polar surface area (TPSA) is 9.23 Å². The Balaban J connectivity index is 2.06. The van der Waals surface area contributed by atoms with Gasteiger partial charge in [0.2, 0.25) is 0 Å². The Morgan fingerprint density at radius 2 is 1.00 bits per heavy atom. The van der Waals surface area contributed by atoms with Gasteiger partial charge in [-0.3, -0.25) is 0 Å². The van der Waals surface area contributed by atoms with Crippen molar-refractivity contribution >= 4 is 53.2 Å². The Hall–Kier alpha value is -1.14. The third-order valence-electron chi connectivity index (χ3n) is 6.77. The van der Waals surface area contributed by atoms with Crippen molar-refractivity contribution in [3.8, 4) is 0 Å². The van der Waals surface area contributed by atoms with Crippen LogP contribution in [0.4, 0.5) is 0 Å². The van der Waals surface area contributed by atoms with E-state index in [1.165, 1.54) is 5.50 Å². The molecule has 4 rings (SSSR count). The van der Waals surface area contributed by atoms with E-state index in [1.54, 1.807) is 14.1 Å². The predicted octanol–water partition coefficient (Wildman–Crippen LogP) is 6.52. The molecule has 34 heavy (non-hydrogen) atoms. The van der Waals surface area contributed by atoms with Gasteiger partial charge in [0, 0.05) is 0 Å². The van der Waals surface area contributed by atoms with Gasteiger partial charge in [0.15, 0.2) is 0 Å². The monoisotopic (exact) mass is 610 g/mol. The van der Waals surface area contributed by atoms with Crippen LogP contribution in [0.5, 0.6) is 0 Å². The first-order valence-corrected chi connectivity index (χ1v) is 26.7. The van der Waals surface area contributed by atoms with Crippen molar-refractivity contribution < 1.29 is 4.74 Å². The Bertz CT molecular complexity index is 1020. The van der Waals surface area contributed by atoms with Crippen molar-refractivity contribution in [2.45, 2.75) is 51.1 Å². The zero-order valence-corrected chi connectivity index (χ0v) is 27.5. The first-order valence-electron chi connectivity index (χ1n) is 12.5. The molecule has 178 valence electrons. The Morgan fingerprint density at radius 1 is 0.647 bits per heavy atom. The van der Waals surface area contributed by atoms with Gasteiger partial charge in [-0.05, 0) is 0 Å². The second kappa shape index (κ2) is 10.1. The fraction of sp³-hybridized carbons (Fsp3) is 0.310. The third kappa shape index (κ3) is 4.78. The molecule has 5 heteroatoms. The van der Waals surface area contributed by atoms with Crippen molar-refractivity contribution in [3.05, 3.63) is 99.8 Å². The molecule has 3 aromatic carbocycles. The van der Waals surface area contributed by atoms with Gasteiger partial charge in [-0.1, -0.05) is 0 Å². The summed E-state index contributed by atoms with van der Waals surface area (Å²) in [5.74, 6) is 0. The normalized spacial score (nSPS) is 16.6. The third-order valence-corrected chi connectivity index (χ3v) is 41.1. The molecule has 0 bridgehead atoms. The van der Waals surface area contributed by atoms with Gasteiger partial charge in [-0.25, -0.2) is 0 Å². The van der Waals surface area contributed by atoms with Crippen LogP contribution in [-0.2, 0) is 4.74 Å². The zero-order valence-electron chi connectivity index (χ0n) is 21.8. The van der Waals surface area contributed by atoms with Crippen molar-refractivity contribution in [2.75, 3.05) is 6.61 Å². The molecule has 0 radical (unpaired) electrons. The molecule has 1 nitrogen and oxygen atoms in total. The molecule has 0 spiro atoms. The van der Waals surface area contributed by atoms with E-state index in [0.29, 0.717) is 0 Å². The SMILES string of the molecule is CCOC1=[C]([Sn]([c]2ccccc2)([c]2ccccc2)[c]2ccccc2)[P@@]1C([Si](C)(C)C)[Si](C)(C)C. The summed E-state index contributed by atoms with van der Waals surface area (Å²) < 4.78 is 13.0. The number of hydrogen-bond acceptors (Lipinski definition) is 1. The molecule has 0 aliphatic carbocycles. The van der Waals surface area contributed by atoms with Gasteiger partial charge in [-0.15, -0.1) is 0 Å². The maximum absolute atomic E-state index is 6.63. The Labute approximate surface area is 214 Å². The summed E-state index contributed by atoms with van der Waals surface area (Å²) in [5.41, 5.74) is 1.42. The van der Waals surface area contributed by atoms with Crippen LogP contribution in [0.3, 0.4) is 0 Å². The second-order valence-electron chi connectivity index (χ2n) is 11.4. The molecule has 0 aromatic heterocycles. The van der Waals surface area contributed by atoms with Crippen LogP contribution in [0.15, 0.2) is 99.8 Å². The quantitative estimate of drug-likeness (QED) is 0.198. The molecule has 0 fully saturated rings. The predicted molar refractivity (Wildman–Crippen MR) is 160 cm³/mol. The molecule has 1 aliphatic rings. The molecule has 0 amide bonds. The summed E-state index contributed by atoms with van der Waals surface area (Å²) >= 11 is -3.53. The summed E-state index contributed by atoms with van der Waals surface area (Å²) in [4.78, 5) is 0.832. The van der Waals surface area contributed by atoms with Crippen LogP contribution in [-0.4, -0.2) is 46.0 Å². The number of ether oxygens (including phenoxy) is 1. The van der Waals surface area contributed by atoms with E-state index in [2.05, 4.69) is 137 Å². The molecule has 0 saturated heterocycles. The molecule has 1 aliphatic heterocycles. The average Bonchev–Trinajstić information content (AvgIpc) is 3.47. The summed E-state index contributed by atoms with van der Waals surface area (Å²) in [6.07, 6.45) is 0. The minimum atomic E-state index is -3.53. The van der Waals surface area contributed by atoms with Crippen molar-refractivity contribution in [1.82, 2.24) is 0 Å². The van der Waals surface area contributed by atoms with Crippen LogP contribution < -0.4 is 10.7 Å². The molecule has 1 heterocycles. The number of benzene rings is 3. The zero-order chi connectivity index (χ0) is 24.6. The molecule has 0 N–H and O–H groups in total. The average molecular weight is 609 g/mol. The van der Waals surface area contributed by atoms with E-state index in [4.69, 9.17) is 4.74 Å². The van der Waals surface area contributed by atoms with Gasteiger partial charge >= 0.3 is 215 Å². The second-order valence-corrected chi connectivity index (χ2v) is 37.6. The molecule has 1 atom stereocenters. The van der Waals surface area contributed by atoms with E-state index >= 15 is 0 Å². The maximum atomic E-state index is 6.63. The molecule has 0 saturated carbocycles. The fourth-order valence-corrected chi connectivity index (χ4v) is 49.6. The van der Waals surface area contributed by atoms with Gasteiger partial charge in [0.1, 0.15) is 0 Å². The van der Waals surface area contributed by atoms with Crippen LogP contribution in [0, 0.1) is 0 Å². The summed E-state index contributed by atoms with van der Waals surface area (Å²) in [6, 6.07) is 34.4. The first-order chi connectivity index (χ1) is 16.1. The molecular weight excluding hydrogens is 570 g/mol. The molecular formula is C29H39OPSi2Sn. The van der Waals surface area contributed by atoms with E-state index in [9.17, 15) is 0 Å². The summed E-state index contributed by atoms with van der Waals surface area (Å²) in [6.45, 7) is 18.5. The molecule has 0 unspecified atom stereocenters. The van der Waals surface area contributed by atoms with Crippen molar-refractivity contribution in [3.63, 3.8) is 0 Å². The molecule has 3 aromatic rings. The van der Waals surface area contributed by atoms with Crippen LogP contribution in [0.25, 0.3) is 0 Å². The van der Waals surface area contributed by atoms with Crippen molar-refractivity contribution in [2.24, 2.45) is 0 Å². The van der Waals surface area contributed by atoms with Crippen LogP contribution >= 0.6 is 7.92 Å². The van der Waals surface area contributed by atoms with Gasteiger partial charge < -0.3 is 0 Å². The standard InChI is InChI=1S/C11H24OPSi2.3C6H5.Sn/c1-8-12-10-9-13(10)11(14(2,3)4)15(5,6)7;3*1-2-4-6-5-3-1;/h11H,8H2,1-7H3;3*1-5H;/t13-;;;;/m1..../s1. The van der Waals surface area contributed by atoms with Gasteiger partial charge in [-0.2, -0.15) is 0 Å². The number of rotatable bonds is 9. The minimum absolute atomic E-state index is 0.354.